The van der Waals surface area contributed by atoms with Gasteiger partial charge in [0.05, 0.1) is 17.3 Å². The molecule has 2 aromatic rings. The molecule has 2 aliphatic heterocycles. The second-order valence-electron chi connectivity index (χ2n) is 6.41. The van der Waals surface area contributed by atoms with Crippen LogP contribution in [0.4, 0.5) is 10.5 Å². The number of amides is 3. The Bertz CT molecular complexity index is 883. The summed E-state index contributed by atoms with van der Waals surface area (Å²) >= 11 is 0. The summed E-state index contributed by atoms with van der Waals surface area (Å²) < 4.78 is 1.68. The van der Waals surface area contributed by atoms with Crippen LogP contribution < -0.4 is 15.5 Å². The number of imidazole rings is 1. The van der Waals surface area contributed by atoms with E-state index >= 15 is 0 Å². The molecule has 0 bridgehead atoms. The maximum atomic E-state index is 12.2. The highest BCUT2D eigenvalue weighted by Gasteiger charge is 2.31. The number of nitrogens with one attached hydrogen (secondary N) is 2. The first-order valence-corrected chi connectivity index (χ1v) is 8.27. The average molecular weight is 338 g/mol. The normalized spacial score (nSPS) is 23.4. The number of hydrogen-bond acceptors (Lipinski definition) is 5. The van der Waals surface area contributed by atoms with Gasteiger partial charge < -0.3 is 10.2 Å². The summed E-state index contributed by atoms with van der Waals surface area (Å²) in [4.78, 5) is 30.1. The van der Waals surface area contributed by atoms with Crippen LogP contribution >= 0.6 is 0 Å². The number of nitrogens with zero attached hydrogens (tertiary/aromatic N) is 4. The highest BCUT2D eigenvalue weighted by atomic mass is 16.2. The van der Waals surface area contributed by atoms with E-state index in [1.165, 1.54) is 0 Å². The van der Waals surface area contributed by atoms with Gasteiger partial charge in [0, 0.05) is 38.4 Å². The van der Waals surface area contributed by atoms with Crippen molar-refractivity contribution in [1.82, 2.24) is 25.2 Å². The summed E-state index contributed by atoms with van der Waals surface area (Å²) in [6.07, 6.45) is 10.7. The van der Waals surface area contributed by atoms with Crippen LogP contribution in [0.3, 0.4) is 0 Å². The Kier molecular flexibility index (Phi) is 3.76. The van der Waals surface area contributed by atoms with Crippen LogP contribution in [0.5, 0.6) is 0 Å². The number of aromatic nitrogens is 3. The van der Waals surface area contributed by atoms with Crippen molar-refractivity contribution in [1.29, 1.82) is 0 Å². The van der Waals surface area contributed by atoms with Crippen LogP contribution in [0.25, 0.3) is 5.65 Å². The molecule has 0 spiro atoms. The van der Waals surface area contributed by atoms with Gasteiger partial charge in [-0.1, -0.05) is 0 Å². The van der Waals surface area contributed by atoms with Crippen molar-refractivity contribution in [3.63, 3.8) is 0 Å². The zero-order valence-corrected chi connectivity index (χ0v) is 13.6. The molecule has 2 unspecified atom stereocenters. The minimum absolute atomic E-state index is 0.233. The SMILES string of the molecule is C#CCC1CCN(c2cc(C3CNC(=O)NC3=O)nn3ccnc23)C1. The molecule has 25 heavy (non-hydrogen) atoms. The summed E-state index contributed by atoms with van der Waals surface area (Å²) in [5, 5.41) is 9.44. The van der Waals surface area contributed by atoms with E-state index in [1.807, 2.05) is 6.07 Å². The molecular weight excluding hydrogens is 320 g/mol. The van der Waals surface area contributed by atoms with E-state index in [9.17, 15) is 9.59 Å². The fourth-order valence-corrected chi connectivity index (χ4v) is 3.48. The second kappa shape index (κ2) is 6.09. The topological polar surface area (TPSA) is 91.6 Å². The first-order valence-electron chi connectivity index (χ1n) is 8.27. The maximum Gasteiger partial charge on any atom is 0.321 e. The maximum absolute atomic E-state index is 12.2. The fraction of sp³-hybridized carbons (Fsp3) is 0.412. The van der Waals surface area contributed by atoms with Crippen molar-refractivity contribution < 1.29 is 9.59 Å². The lowest BCUT2D eigenvalue weighted by atomic mass is 10.0. The molecule has 0 aromatic carbocycles. The van der Waals surface area contributed by atoms with Crippen molar-refractivity contribution >= 4 is 23.3 Å². The van der Waals surface area contributed by atoms with Crippen molar-refractivity contribution in [2.75, 3.05) is 24.5 Å². The highest BCUT2D eigenvalue weighted by molar-refractivity contribution is 6.00. The standard InChI is InChI=1S/C17H18N6O2/c1-2-3-11-4-6-22(10-11)14-8-13(21-23-7-5-18-15(14)23)12-9-19-17(25)20-16(12)24/h1,5,7-8,11-12H,3-4,6,9-10H2,(H2,19,20,24,25). The van der Waals surface area contributed by atoms with Gasteiger partial charge in [-0.05, 0) is 18.4 Å². The van der Waals surface area contributed by atoms with E-state index in [-0.39, 0.29) is 12.5 Å². The molecule has 2 aromatic heterocycles. The number of anilines is 1. The number of hydrogen-bond donors (Lipinski definition) is 2. The molecule has 8 heteroatoms. The smallest absolute Gasteiger partial charge is 0.321 e. The molecular formula is C17H18N6O2. The lowest BCUT2D eigenvalue weighted by molar-refractivity contribution is -0.122. The van der Waals surface area contributed by atoms with Crippen LogP contribution in [0.1, 0.15) is 24.5 Å². The van der Waals surface area contributed by atoms with Gasteiger partial charge in [-0.15, -0.1) is 12.3 Å². The Hall–Kier alpha value is -3.08. The number of carbonyl (C=O) groups excluding carboxylic acids is 2. The predicted molar refractivity (Wildman–Crippen MR) is 91.0 cm³/mol. The predicted octanol–water partition coefficient (Wildman–Crippen LogP) is 0.502. The minimum Gasteiger partial charge on any atom is -0.368 e. The zero-order chi connectivity index (χ0) is 17.4. The summed E-state index contributed by atoms with van der Waals surface area (Å²) in [6.45, 7) is 1.99. The third-order valence-electron chi connectivity index (χ3n) is 4.77. The molecule has 2 aliphatic rings. The molecule has 2 fully saturated rings. The third kappa shape index (κ3) is 2.78. The van der Waals surface area contributed by atoms with Crippen molar-refractivity contribution in [3.8, 4) is 12.3 Å². The molecule has 0 saturated carbocycles. The summed E-state index contributed by atoms with van der Waals surface area (Å²) in [5.41, 5.74) is 2.31. The molecule has 2 saturated heterocycles. The first-order chi connectivity index (χ1) is 12.2. The molecule has 0 radical (unpaired) electrons. The van der Waals surface area contributed by atoms with E-state index in [2.05, 4.69) is 31.5 Å². The molecule has 2 N–H and O–H groups in total. The van der Waals surface area contributed by atoms with Crippen molar-refractivity contribution in [2.24, 2.45) is 5.92 Å². The van der Waals surface area contributed by atoms with Gasteiger partial charge in [0.1, 0.15) is 0 Å². The largest absolute Gasteiger partial charge is 0.368 e. The lowest BCUT2D eigenvalue weighted by Crippen LogP contribution is -2.51. The van der Waals surface area contributed by atoms with Gasteiger partial charge in [0.25, 0.3) is 0 Å². The third-order valence-corrected chi connectivity index (χ3v) is 4.77. The zero-order valence-electron chi connectivity index (χ0n) is 13.6. The molecule has 4 heterocycles. The average Bonchev–Trinajstić information content (AvgIpc) is 3.23. The number of imide groups is 1. The van der Waals surface area contributed by atoms with Crippen LogP contribution in [0, 0.1) is 18.3 Å². The Morgan fingerprint density at radius 3 is 3.08 bits per heavy atom. The Labute approximate surface area is 144 Å². The summed E-state index contributed by atoms with van der Waals surface area (Å²) in [6, 6.07) is 1.43. The van der Waals surface area contributed by atoms with E-state index in [0.29, 0.717) is 11.6 Å². The van der Waals surface area contributed by atoms with Crippen LogP contribution in [0.15, 0.2) is 18.5 Å². The minimum atomic E-state index is -0.521. The molecule has 2 atom stereocenters. The van der Waals surface area contributed by atoms with E-state index < -0.39 is 11.9 Å². The van der Waals surface area contributed by atoms with Crippen LogP contribution in [-0.4, -0.2) is 46.2 Å². The second-order valence-corrected chi connectivity index (χ2v) is 6.41. The van der Waals surface area contributed by atoms with Crippen molar-refractivity contribution in [3.05, 3.63) is 24.2 Å². The molecule has 0 aliphatic carbocycles. The van der Waals surface area contributed by atoms with Gasteiger partial charge in [0.15, 0.2) is 5.65 Å². The van der Waals surface area contributed by atoms with Gasteiger partial charge >= 0.3 is 6.03 Å². The molecule has 128 valence electrons. The number of terminal acetylenes is 1. The van der Waals surface area contributed by atoms with Gasteiger partial charge in [-0.25, -0.2) is 14.3 Å². The van der Waals surface area contributed by atoms with Crippen LogP contribution in [-0.2, 0) is 4.79 Å². The summed E-state index contributed by atoms with van der Waals surface area (Å²) in [7, 11) is 0. The van der Waals surface area contributed by atoms with E-state index in [4.69, 9.17) is 6.42 Å². The molecule has 8 nitrogen and oxygen atoms in total. The number of urea groups is 1. The van der Waals surface area contributed by atoms with Gasteiger partial charge in [-0.2, -0.15) is 5.10 Å². The number of carbonyl (C=O) groups is 2. The molecule has 4 rings (SSSR count). The fourth-order valence-electron chi connectivity index (χ4n) is 3.48. The van der Waals surface area contributed by atoms with Gasteiger partial charge in [0.2, 0.25) is 5.91 Å². The number of rotatable bonds is 3. The molecule has 3 amide bonds. The monoisotopic (exact) mass is 338 g/mol. The Balaban J connectivity index is 1.70. The highest BCUT2D eigenvalue weighted by Crippen LogP contribution is 2.30. The van der Waals surface area contributed by atoms with E-state index in [0.717, 1.165) is 37.3 Å². The van der Waals surface area contributed by atoms with Crippen molar-refractivity contribution in [2.45, 2.75) is 18.8 Å². The Morgan fingerprint density at radius 2 is 2.28 bits per heavy atom. The lowest BCUT2D eigenvalue weighted by Gasteiger charge is -2.24. The van der Waals surface area contributed by atoms with E-state index in [1.54, 1.807) is 16.9 Å². The summed E-state index contributed by atoms with van der Waals surface area (Å²) in [5.74, 6) is 2.34. The quantitative estimate of drug-likeness (QED) is 0.796. The number of fused-ring (bicyclic) bond motifs is 1. The van der Waals surface area contributed by atoms with Crippen LogP contribution in [0.2, 0.25) is 0 Å². The Morgan fingerprint density at radius 1 is 1.40 bits per heavy atom. The first kappa shape index (κ1) is 15.4. The van der Waals surface area contributed by atoms with Gasteiger partial charge in [-0.3, -0.25) is 10.1 Å².